The average Bonchev–Trinajstić information content (AvgIpc) is 1.63. The number of rotatable bonds is 30. The molecule has 1 unspecified atom stereocenters. The topological polar surface area (TPSA) is 342 Å². The predicted octanol–water partition coefficient (Wildman–Crippen LogP) is 16.6. The molecule has 3 aliphatic heterocycles. The number of carbonyl (C=O) groups excluding carboxylic acids is 4. The molecule has 133 heavy (non-hydrogen) atoms. The van der Waals surface area contributed by atoms with Crippen molar-refractivity contribution < 1.29 is 119 Å². The molecule has 8 aromatic carbocycles. The van der Waals surface area contributed by atoms with Gasteiger partial charge in [0.1, 0.15) is 40.2 Å². The Morgan fingerprint density at radius 2 is 0.782 bits per heavy atom. The summed E-state index contributed by atoms with van der Waals surface area (Å²) in [5.74, 6) is 1.91. The second-order valence-corrected chi connectivity index (χ2v) is 33.2. The maximum absolute atomic E-state index is 14.2. The van der Waals surface area contributed by atoms with E-state index in [2.05, 4.69) is 39.0 Å². The van der Waals surface area contributed by atoms with Crippen LogP contribution in [0.3, 0.4) is 0 Å². The second-order valence-electron chi connectivity index (χ2n) is 31.9. The molecule has 1 atom stereocenters. The monoisotopic (exact) mass is 1840 g/mol. The first-order valence-electron chi connectivity index (χ1n) is 43.0. The number of methoxy groups -OCH3 is 8. The van der Waals surface area contributed by atoms with Gasteiger partial charge in [-0.25, -0.2) is 13.2 Å². The standard InChI is InChI=1S/C26H27FO5S.C26H29NO6.C25H27BFNO7.C25H23FN2O4/c1-15-19(7-5-18(28)14-25-32-8-9-33-25)22-13-17(27)4-6-20(22)21(15)10-16-11-23(30-2)26(29)24(12-16)31-3;1-15-5-6-18-19(10-17-11-22(30-3)26(29)23(12-17)31-4)16(2)20(21(18)9-15)13-24(28)27-14-25-32-7-8-33-25;1-14-18(8-15-9-21(32-2)25(26(30)31)22(10-15)33-3)17-5-4-16(27)11-20(17)19(14)12-23(29)28-13-24-34-6-7-35-24;1-14-18(6-7-22(29)16-12-27-28-13-16)21-11-17(26)4-5-19(21)20(14)8-15-9-23(31-2)25(30)24(10-15)32-3/h4,6,10-13,25,29H,5,7-9,14H2,1-3H3;5-6,9-12,25,29H,7-8,13-14H2,1-4H3,(H,27,28);4-5,8-11,24,30-31H,6-7,12-13H2,1-3H3,(H,28,29);4-5,8-13,30H,6-7H2,1-3H3,(H,27,28)/b21-10-;19-10-;18-8-;20-8-. The number of ketones is 2. The minimum absolute atomic E-state index is 0.0255. The molecule has 1 aromatic heterocycles. The van der Waals surface area contributed by atoms with Gasteiger partial charge in [0.05, 0.1) is 133 Å². The highest BCUT2D eigenvalue weighted by Gasteiger charge is 2.34. The molecule has 3 fully saturated rings. The number of nitrogens with zero attached hydrogens (tertiary/aromatic N) is 1. The van der Waals surface area contributed by atoms with E-state index in [-0.39, 0.29) is 107 Å². The third kappa shape index (κ3) is 22.8. The summed E-state index contributed by atoms with van der Waals surface area (Å²) < 4.78 is 112. The minimum Gasteiger partial charge on any atom is -0.502 e. The van der Waals surface area contributed by atoms with Crippen LogP contribution in [0.2, 0.25) is 0 Å². The van der Waals surface area contributed by atoms with Gasteiger partial charge < -0.3 is 97.6 Å². The molecule has 16 rings (SSSR count). The Hall–Kier alpha value is -13.1. The number of aromatic amines is 1. The highest BCUT2D eigenvalue weighted by Crippen LogP contribution is 2.51. The number of benzene rings is 8. The van der Waals surface area contributed by atoms with Gasteiger partial charge in [0.15, 0.2) is 52.9 Å². The number of halogens is 3. The number of hydrogen-bond donors (Lipinski definition) is 8. The summed E-state index contributed by atoms with van der Waals surface area (Å²) in [6, 6.07) is 33.9. The molecule has 0 radical (unpaired) electrons. The van der Waals surface area contributed by atoms with Gasteiger partial charge in [0.2, 0.25) is 29.1 Å². The lowest BCUT2D eigenvalue weighted by molar-refractivity contribution is -0.123. The van der Waals surface area contributed by atoms with Crippen LogP contribution in [-0.2, 0) is 38.1 Å². The number of aryl methyl sites for hydroxylation is 1. The number of nitrogens with one attached hydrogen (secondary N) is 3. The summed E-state index contributed by atoms with van der Waals surface area (Å²) >= 11 is 1.68. The first kappa shape index (κ1) is 97.4. The van der Waals surface area contributed by atoms with Crippen molar-refractivity contribution in [2.45, 2.75) is 97.6 Å². The number of H-pyrrole nitrogens is 1. The predicted molar refractivity (Wildman–Crippen MR) is 505 cm³/mol. The van der Waals surface area contributed by atoms with E-state index in [4.69, 9.17) is 61.6 Å². The molecular formula is C102H106BF3N4O22S. The summed E-state index contributed by atoms with van der Waals surface area (Å²) in [6.07, 6.45) is 12.5. The Balaban J connectivity index is 0.000000151. The number of thioether (sulfide) groups is 1. The lowest BCUT2D eigenvalue weighted by Crippen LogP contribution is -2.32. The summed E-state index contributed by atoms with van der Waals surface area (Å²) in [5, 5.41) is 62.3. The Labute approximate surface area is 773 Å². The fourth-order valence-corrected chi connectivity index (χ4v) is 17.9. The van der Waals surface area contributed by atoms with Crippen LogP contribution >= 0.6 is 11.8 Å². The number of aromatic nitrogens is 2. The third-order valence-corrected chi connectivity index (χ3v) is 24.8. The zero-order valence-corrected chi connectivity index (χ0v) is 76.9. The van der Waals surface area contributed by atoms with E-state index in [1.807, 2.05) is 58.9 Å². The van der Waals surface area contributed by atoms with Gasteiger partial charge in [-0.1, -0.05) is 42.0 Å². The van der Waals surface area contributed by atoms with Crippen LogP contribution in [0.4, 0.5) is 13.2 Å². The molecule has 0 bridgehead atoms. The number of phenolic OH excluding ortho intramolecular Hbond substituents is 3. The Morgan fingerprint density at radius 1 is 0.444 bits per heavy atom. The molecule has 8 N–H and O–H groups in total. The number of hydrogen-bond acceptors (Lipinski definition) is 24. The van der Waals surface area contributed by atoms with Gasteiger partial charge in [0.25, 0.3) is 0 Å². The molecular weight excluding hydrogens is 1730 g/mol. The number of phenols is 3. The van der Waals surface area contributed by atoms with Crippen molar-refractivity contribution >= 4 is 117 Å². The third-order valence-electron chi connectivity index (χ3n) is 23.7. The minimum atomic E-state index is -1.77. The maximum Gasteiger partial charge on any atom is 0.496 e. The van der Waals surface area contributed by atoms with Crippen LogP contribution in [-0.4, -0.2) is 193 Å². The molecule has 0 spiro atoms. The van der Waals surface area contributed by atoms with Gasteiger partial charge >= 0.3 is 7.12 Å². The SMILES string of the molecule is COc1cc(/C=C2/C(C)=C(CC(=O)NCC3OCCO3)c3cc(C)ccc32)cc(OC)c1O.COc1cc(/C=C2/C(C)=C(CC(=O)NCC3OCCO3)c3cc(F)ccc32)cc(OC)c1B(O)O.COc1cc(/C=C2/C(C)=C(CCC(=O)CC3OCCS3)c3cc(F)ccc32)cc(OC)c1O.COc1cc(/C=C2/C(C)=C(CCC(=O)c3cn[nH]c3)c3cc(F)ccc32)cc(OC)c1O. The largest absolute Gasteiger partial charge is 0.502 e. The Morgan fingerprint density at radius 3 is 1.12 bits per heavy atom. The van der Waals surface area contributed by atoms with E-state index in [1.54, 1.807) is 84.7 Å². The van der Waals surface area contributed by atoms with E-state index in [9.17, 15) is 57.7 Å². The molecule has 4 heterocycles. The second kappa shape index (κ2) is 44.4. The van der Waals surface area contributed by atoms with Crippen LogP contribution in [0.25, 0.3) is 68.9 Å². The van der Waals surface area contributed by atoms with Crippen LogP contribution in [0, 0.1) is 24.4 Å². The van der Waals surface area contributed by atoms with Crippen molar-refractivity contribution in [3.8, 4) is 63.2 Å². The van der Waals surface area contributed by atoms with Crippen molar-refractivity contribution in [1.29, 1.82) is 0 Å². The first-order valence-corrected chi connectivity index (χ1v) is 44.0. The number of fused-ring (bicyclic) bond motifs is 4. The number of carbonyl (C=O) groups is 4. The molecule has 4 aliphatic carbocycles. The van der Waals surface area contributed by atoms with Crippen LogP contribution in [0.5, 0.6) is 63.2 Å². The smallest absolute Gasteiger partial charge is 0.496 e. The van der Waals surface area contributed by atoms with Crippen LogP contribution < -0.4 is 54.0 Å². The van der Waals surface area contributed by atoms with Crippen molar-refractivity contribution in [1.82, 2.24) is 20.8 Å². The van der Waals surface area contributed by atoms with Crippen molar-refractivity contribution in [2.75, 3.05) is 109 Å². The average molecular weight is 1840 g/mol. The first-order chi connectivity index (χ1) is 64.0. The number of amides is 2. The van der Waals surface area contributed by atoms with E-state index >= 15 is 0 Å². The Kier molecular flexibility index (Phi) is 32.5. The molecule has 7 aliphatic rings. The molecule has 2 amide bonds. The molecule has 26 nitrogen and oxygen atoms in total. The van der Waals surface area contributed by atoms with Gasteiger partial charge in [-0.3, -0.25) is 24.3 Å². The molecule has 0 saturated carbocycles. The van der Waals surface area contributed by atoms with E-state index in [1.165, 1.54) is 99.5 Å². The van der Waals surface area contributed by atoms with Gasteiger partial charge in [-0.2, -0.15) is 5.10 Å². The van der Waals surface area contributed by atoms with Gasteiger partial charge in [-0.05, 0) is 290 Å². The molecule has 3 saturated heterocycles. The lowest BCUT2D eigenvalue weighted by atomic mass is 9.78. The van der Waals surface area contributed by atoms with Crippen LogP contribution in [0.1, 0.15) is 155 Å². The Bertz CT molecular complexity index is 6070. The maximum atomic E-state index is 14.2. The molecule has 696 valence electrons. The quantitative estimate of drug-likeness (QED) is 0.0153. The van der Waals surface area contributed by atoms with Crippen molar-refractivity contribution in [3.05, 3.63) is 251 Å². The zero-order chi connectivity index (χ0) is 95.0. The fourth-order valence-electron chi connectivity index (χ4n) is 17.0. The summed E-state index contributed by atoms with van der Waals surface area (Å²) in [5.41, 5.74) is 22.9. The highest BCUT2D eigenvalue weighted by molar-refractivity contribution is 8.00. The number of allylic oxidation sites excluding steroid dienone is 10. The lowest BCUT2D eigenvalue weighted by Gasteiger charge is -2.14. The zero-order valence-electron chi connectivity index (χ0n) is 76.1. The molecule has 31 heteroatoms. The van der Waals surface area contributed by atoms with Gasteiger partial charge in [0, 0.05) is 31.2 Å². The van der Waals surface area contributed by atoms with Crippen molar-refractivity contribution in [3.63, 3.8) is 0 Å². The summed E-state index contributed by atoms with van der Waals surface area (Å²) in [6.45, 7) is 13.3. The van der Waals surface area contributed by atoms with E-state index in [0.717, 1.165) is 134 Å². The highest BCUT2D eigenvalue weighted by atomic mass is 32.2. The van der Waals surface area contributed by atoms with Gasteiger partial charge in [-0.15, -0.1) is 11.8 Å². The van der Waals surface area contributed by atoms with Crippen LogP contribution in [0.15, 0.2) is 156 Å². The summed E-state index contributed by atoms with van der Waals surface area (Å²) in [7, 11) is 9.99. The molecule has 9 aromatic rings. The number of ether oxygens (including phenoxy) is 13. The normalized spacial score (nSPS) is 16.6. The van der Waals surface area contributed by atoms with E-state index in [0.29, 0.717) is 116 Å². The van der Waals surface area contributed by atoms with E-state index < -0.39 is 19.2 Å². The van der Waals surface area contributed by atoms with Crippen molar-refractivity contribution in [2.24, 2.45) is 0 Å². The fraction of sp³-hybridized carbons (Fsp3) is 0.304. The number of Topliss-reactive ketones (excluding diaryl/α,β-unsaturated/α-hetero) is 2. The summed E-state index contributed by atoms with van der Waals surface area (Å²) in [4.78, 5) is 50.4. The number of aromatic hydroxyl groups is 3.